The van der Waals surface area contributed by atoms with Gasteiger partial charge in [0, 0.05) is 0 Å². The molecule has 0 N–H and O–H groups in total. The van der Waals surface area contributed by atoms with Crippen molar-refractivity contribution in [2.24, 2.45) is 34.5 Å². The Morgan fingerprint density at radius 2 is 1.82 bits per heavy atom. The molecule has 1 aliphatic rings. The van der Waals surface area contributed by atoms with Crippen LogP contribution in [0.25, 0.3) is 0 Å². The molecule has 1 saturated carbocycles. The summed E-state index contributed by atoms with van der Waals surface area (Å²) in [6.07, 6.45) is 10.2. The van der Waals surface area contributed by atoms with Crippen molar-refractivity contribution in [2.75, 3.05) is 0 Å². The number of rotatable bonds is 9. The molecule has 0 saturated heterocycles. The van der Waals surface area contributed by atoms with Crippen molar-refractivity contribution in [1.29, 1.82) is 0 Å². The highest BCUT2D eigenvalue weighted by Gasteiger charge is 2.54. The van der Waals surface area contributed by atoms with Crippen molar-refractivity contribution >= 4 is 9.24 Å². The molecule has 0 heterocycles. The summed E-state index contributed by atoms with van der Waals surface area (Å²) in [5.41, 5.74) is 1.65. The SMILES string of the molecule is CCC(C(P)C(/C=C/CC(C)C)C1(C)CC1C)C(C)(C)CC. The molecule has 0 radical (unpaired) electrons. The van der Waals surface area contributed by atoms with Crippen LogP contribution in [0.4, 0.5) is 0 Å². The van der Waals surface area contributed by atoms with Crippen molar-refractivity contribution in [3.8, 4) is 0 Å². The van der Waals surface area contributed by atoms with Crippen LogP contribution in [-0.4, -0.2) is 5.66 Å². The van der Waals surface area contributed by atoms with Crippen LogP contribution in [0.1, 0.15) is 81.1 Å². The van der Waals surface area contributed by atoms with Gasteiger partial charge in [0.25, 0.3) is 0 Å². The maximum Gasteiger partial charge on any atom is -0.0111 e. The standard InChI is InChI=1S/C21H41P/c1-9-17(20(6,7)10-2)19(22)18(13-11-12-15(3)4)21(8)14-16(21)5/h11,13,15-19H,9-10,12,14,22H2,1-8H3/b13-11+. The van der Waals surface area contributed by atoms with E-state index in [1.807, 2.05) is 0 Å². The van der Waals surface area contributed by atoms with Gasteiger partial charge in [-0.3, -0.25) is 0 Å². The largest absolute Gasteiger partial charge is 0.134 e. The van der Waals surface area contributed by atoms with Crippen molar-refractivity contribution in [2.45, 2.75) is 86.7 Å². The van der Waals surface area contributed by atoms with Gasteiger partial charge in [0.1, 0.15) is 0 Å². The fraction of sp³-hybridized carbons (Fsp3) is 0.905. The van der Waals surface area contributed by atoms with Gasteiger partial charge in [0.2, 0.25) is 0 Å². The van der Waals surface area contributed by atoms with Crippen molar-refractivity contribution < 1.29 is 0 Å². The molecule has 6 atom stereocenters. The average molecular weight is 325 g/mol. The monoisotopic (exact) mass is 324 g/mol. The van der Waals surface area contributed by atoms with Crippen LogP contribution in [0.2, 0.25) is 0 Å². The highest BCUT2D eigenvalue weighted by Crippen LogP contribution is 2.61. The summed E-state index contributed by atoms with van der Waals surface area (Å²) in [5.74, 6) is 3.13. The van der Waals surface area contributed by atoms with E-state index in [-0.39, 0.29) is 0 Å². The molecular weight excluding hydrogens is 283 g/mol. The van der Waals surface area contributed by atoms with Crippen LogP contribution >= 0.6 is 9.24 Å². The summed E-state index contributed by atoms with van der Waals surface area (Å²) in [6, 6.07) is 0. The molecule has 1 fully saturated rings. The predicted molar refractivity (Wildman–Crippen MR) is 105 cm³/mol. The lowest BCUT2D eigenvalue weighted by atomic mass is 9.68. The zero-order valence-electron chi connectivity index (χ0n) is 16.4. The van der Waals surface area contributed by atoms with Crippen molar-refractivity contribution in [3.05, 3.63) is 12.2 Å². The third kappa shape index (κ3) is 4.59. The molecule has 1 aliphatic carbocycles. The Labute approximate surface area is 143 Å². The smallest absolute Gasteiger partial charge is 0.0111 e. The Balaban J connectivity index is 2.97. The minimum absolute atomic E-state index is 0.430. The van der Waals surface area contributed by atoms with Crippen LogP contribution in [0.3, 0.4) is 0 Å². The van der Waals surface area contributed by atoms with Gasteiger partial charge in [0.05, 0.1) is 0 Å². The molecule has 0 aliphatic heterocycles. The third-order valence-corrected chi connectivity index (χ3v) is 7.54. The number of hydrogen-bond acceptors (Lipinski definition) is 0. The van der Waals surface area contributed by atoms with E-state index in [4.69, 9.17) is 0 Å². The summed E-state index contributed by atoms with van der Waals surface area (Å²) in [4.78, 5) is 0. The molecule has 0 bridgehead atoms. The molecule has 6 unspecified atom stereocenters. The molecule has 130 valence electrons. The maximum absolute atomic E-state index is 3.26. The van der Waals surface area contributed by atoms with E-state index in [1.54, 1.807) is 0 Å². The van der Waals surface area contributed by atoms with E-state index in [1.165, 1.54) is 25.7 Å². The van der Waals surface area contributed by atoms with Gasteiger partial charge < -0.3 is 0 Å². The molecule has 1 heteroatoms. The molecule has 1 rings (SSSR count). The molecule has 0 aromatic rings. The van der Waals surface area contributed by atoms with Crippen LogP contribution in [0.15, 0.2) is 12.2 Å². The lowest BCUT2D eigenvalue weighted by Gasteiger charge is -2.42. The predicted octanol–water partition coefficient (Wildman–Crippen LogP) is 6.96. The first-order chi connectivity index (χ1) is 10.1. The molecular formula is C21H41P. The van der Waals surface area contributed by atoms with E-state index in [0.717, 1.165) is 17.8 Å². The molecule has 0 aromatic heterocycles. The molecule has 0 aromatic carbocycles. The Kier molecular flexibility index (Phi) is 7.19. The van der Waals surface area contributed by atoms with Crippen molar-refractivity contribution in [3.63, 3.8) is 0 Å². The van der Waals surface area contributed by atoms with E-state index in [2.05, 4.69) is 76.8 Å². The zero-order valence-corrected chi connectivity index (χ0v) is 17.6. The van der Waals surface area contributed by atoms with Crippen LogP contribution in [0, 0.1) is 34.5 Å². The molecule has 22 heavy (non-hydrogen) atoms. The second-order valence-corrected chi connectivity index (χ2v) is 9.90. The van der Waals surface area contributed by atoms with Crippen molar-refractivity contribution in [1.82, 2.24) is 0 Å². The van der Waals surface area contributed by atoms with E-state index in [9.17, 15) is 0 Å². The third-order valence-electron chi connectivity index (χ3n) is 6.66. The maximum atomic E-state index is 3.26. The first-order valence-electron chi connectivity index (χ1n) is 9.52. The second-order valence-electron chi connectivity index (χ2n) is 9.13. The second kappa shape index (κ2) is 7.83. The van der Waals surface area contributed by atoms with Crippen LogP contribution < -0.4 is 0 Å². The zero-order chi connectivity index (χ0) is 17.1. The van der Waals surface area contributed by atoms with Gasteiger partial charge in [-0.1, -0.05) is 80.4 Å². The number of allylic oxidation sites excluding steroid dienone is 2. The summed E-state index contributed by atoms with van der Waals surface area (Å²) in [5, 5.41) is 0. The highest BCUT2D eigenvalue weighted by molar-refractivity contribution is 7.17. The Morgan fingerprint density at radius 3 is 2.18 bits per heavy atom. The van der Waals surface area contributed by atoms with Gasteiger partial charge in [-0.25, -0.2) is 0 Å². The van der Waals surface area contributed by atoms with E-state index >= 15 is 0 Å². The normalized spacial score (nSPS) is 29.8. The Hall–Kier alpha value is 0.170. The van der Waals surface area contributed by atoms with E-state index in [0.29, 0.717) is 22.4 Å². The van der Waals surface area contributed by atoms with Gasteiger partial charge in [-0.05, 0) is 53.0 Å². The Morgan fingerprint density at radius 1 is 1.27 bits per heavy atom. The topological polar surface area (TPSA) is 0 Å². The lowest BCUT2D eigenvalue weighted by molar-refractivity contribution is 0.157. The summed E-state index contributed by atoms with van der Waals surface area (Å²) in [6.45, 7) is 19.2. The minimum atomic E-state index is 0.430. The molecule has 0 nitrogen and oxygen atoms in total. The average Bonchev–Trinajstić information content (AvgIpc) is 3.03. The molecule has 0 spiro atoms. The molecule has 0 amide bonds. The van der Waals surface area contributed by atoms with Gasteiger partial charge in [-0.15, -0.1) is 9.24 Å². The fourth-order valence-electron chi connectivity index (χ4n) is 4.21. The summed E-state index contributed by atoms with van der Waals surface area (Å²) < 4.78 is 0. The van der Waals surface area contributed by atoms with Crippen LogP contribution in [0.5, 0.6) is 0 Å². The highest BCUT2D eigenvalue weighted by atomic mass is 31.0. The van der Waals surface area contributed by atoms with Gasteiger partial charge in [-0.2, -0.15) is 0 Å². The minimum Gasteiger partial charge on any atom is -0.134 e. The van der Waals surface area contributed by atoms with Crippen LogP contribution in [-0.2, 0) is 0 Å². The first kappa shape index (κ1) is 20.2. The van der Waals surface area contributed by atoms with Gasteiger partial charge >= 0.3 is 0 Å². The van der Waals surface area contributed by atoms with Gasteiger partial charge in [0.15, 0.2) is 0 Å². The number of hydrogen-bond donors (Lipinski definition) is 0. The fourth-order valence-corrected chi connectivity index (χ4v) is 5.57. The Bertz CT molecular complexity index is 368. The summed E-state index contributed by atoms with van der Waals surface area (Å²) in [7, 11) is 3.26. The lowest BCUT2D eigenvalue weighted by Crippen LogP contribution is -2.37. The van der Waals surface area contributed by atoms with E-state index < -0.39 is 0 Å². The first-order valence-corrected chi connectivity index (χ1v) is 10.2. The quantitative estimate of drug-likeness (QED) is 0.318. The summed E-state index contributed by atoms with van der Waals surface area (Å²) >= 11 is 0.